The van der Waals surface area contributed by atoms with Crippen LogP contribution in [0.25, 0.3) is 0 Å². The first-order valence-corrected chi connectivity index (χ1v) is 7.52. The van der Waals surface area contributed by atoms with E-state index in [9.17, 15) is 0 Å². The number of hydrogen-bond donors (Lipinski definition) is 1. The summed E-state index contributed by atoms with van der Waals surface area (Å²) in [5, 5.41) is 4.25. The zero-order valence-electron chi connectivity index (χ0n) is 12.4. The van der Waals surface area contributed by atoms with Gasteiger partial charge in [-0.15, -0.1) is 5.10 Å². The van der Waals surface area contributed by atoms with Gasteiger partial charge in [-0.25, -0.2) is 0 Å². The quantitative estimate of drug-likeness (QED) is 0.939. The molecule has 0 saturated heterocycles. The van der Waals surface area contributed by atoms with Crippen LogP contribution < -0.4 is 10.5 Å². The lowest BCUT2D eigenvalue weighted by molar-refractivity contribution is 0.340. The highest BCUT2D eigenvalue weighted by Gasteiger charge is 2.26. The molecule has 1 heterocycles. The van der Waals surface area contributed by atoms with E-state index in [0.29, 0.717) is 6.61 Å². The third kappa shape index (κ3) is 3.16. The summed E-state index contributed by atoms with van der Waals surface area (Å²) < 4.78 is 9.60. The molecule has 2 N–H and O–H groups in total. The standard InChI is InChI=1S/C15H21N3OS/c1-5-19-11-8-6-7-10(9-11)12(16)13-14(15(2,3)4)17-18-20-13/h6-9,12H,5,16H2,1-4H3. The second-order valence-corrected chi connectivity index (χ2v) is 6.50. The van der Waals surface area contributed by atoms with Gasteiger partial charge < -0.3 is 10.5 Å². The lowest BCUT2D eigenvalue weighted by Crippen LogP contribution is -2.19. The van der Waals surface area contributed by atoms with Crippen molar-refractivity contribution in [2.75, 3.05) is 6.61 Å². The highest BCUT2D eigenvalue weighted by molar-refractivity contribution is 7.05. The van der Waals surface area contributed by atoms with Gasteiger partial charge in [-0.1, -0.05) is 37.4 Å². The molecule has 0 bridgehead atoms. The first-order chi connectivity index (χ1) is 9.43. The molecule has 2 aromatic rings. The van der Waals surface area contributed by atoms with Crippen molar-refractivity contribution in [3.63, 3.8) is 0 Å². The number of hydrogen-bond acceptors (Lipinski definition) is 5. The summed E-state index contributed by atoms with van der Waals surface area (Å²) in [6.45, 7) is 8.98. The molecule has 1 aromatic carbocycles. The molecule has 1 unspecified atom stereocenters. The topological polar surface area (TPSA) is 61.0 Å². The lowest BCUT2D eigenvalue weighted by Gasteiger charge is -2.20. The Kier molecular flexibility index (Phi) is 4.40. The minimum atomic E-state index is -0.218. The summed E-state index contributed by atoms with van der Waals surface area (Å²) in [4.78, 5) is 1.02. The second-order valence-electron chi connectivity index (χ2n) is 5.72. The average Bonchev–Trinajstić information content (AvgIpc) is 2.87. The molecule has 0 radical (unpaired) electrons. The summed E-state index contributed by atoms with van der Waals surface area (Å²) in [6.07, 6.45) is 0. The van der Waals surface area contributed by atoms with Crippen LogP contribution in [-0.4, -0.2) is 16.2 Å². The van der Waals surface area contributed by atoms with Crippen molar-refractivity contribution in [2.45, 2.75) is 39.2 Å². The minimum Gasteiger partial charge on any atom is -0.494 e. The van der Waals surface area contributed by atoms with Crippen LogP contribution >= 0.6 is 11.5 Å². The minimum absolute atomic E-state index is 0.0581. The third-order valence-corrected chi connectivity index (χ3v) is 3.84. The van der Waals surface area contributed by atoms with Crippen molar-refractivity contribution in [1.29, 1.82) is 0 Å². The summed E-state index contributed by atoms with van der Waals surface area (Å²) in [5.74, 6) is 0.843. The van der Waals surface area contributed by atoms with E-state index < -0.39 is 0 Å². The van der Waals surface area contributed by atoms with Gasteiger partial charge in [0.05, 0.1) is 23.2 Å². The van der Waals surface area contributed by atoms with Crippen LogP contribution in [0.5, 0.6) is 5.75 Å². The van der Waals surface area contributed by atoms with Crippen LogP contribution in [0.2, 0.25) is 0 Å². The van der Waals surface area contributed by atoms with Crippen molar-refractivity contribution < 1.29 is 4.74 Å². The smallest absolute Gasteiger partial charge is 0.119 e. The molecule has 0 amide bonds. The number of rotatable bonds is 4. The molecule has 0 aliphatic rings. The van der Waals surface area contributed by atoms with Crippen LogP contribution in [0, 0.1) is 0 Å². The SMILES string of the molecule is CCOc1cccc(C(N)c2snnc2C(C)(C)C)c1. The predicted octanol–water partition coefficient (Wildman–Crippen LogP) is 3.28. The Morgan fingerprint density at radius 2 is 2.10 bits per heavy atom. The first kappa shape index (κ1) is 14.9. The van der Waals surface area contributed by atoms with Crippen molar-refractivity contribution in [3.05, 3.63) is 40.4 Å². The van der Waals surface area contributed by atoms with E-state index in [4.69, 9.17) is 10.5 Å². The summed E-state index contributed by atoms with van der Waals surface area (Å²) in [6, 6.07) is 7.69. The molecule has 5 heteroatoms. The van der Waals surface area contributed by atoms with Gasteiger partial charge in [0.2, 0.25) is 0 Å². The summed E-state index contributed by atoms with van der Waals surface area (Å²) >= 11 is 1.37. The largest absolute Gasteiger partial charge is 0.494 e. The van der Waals surface area contributed by atoms with Crippen molar-refractivity contribution >= 4 is 11.5 Å². The molecule has 20 heavy (non-hydrogen) atoms. The Morgan fingerprint density at radius 1 is 1.35 bits per heavy atom. The van der Waals surface area contributed by atoms with E-state index in [2.05, 4.69) is 30.4 Å². The molecule has 0 spiro atoms. The van der Waals surface area contributed by atoms with Gasteiger partial charge in [0, 0.05) is 5.41 Å². The first-order valence-electron chi connectivity index (χ1n) is 6.74. The zero-order valence-corrected chi connectivity index (χ0v) is 13.2. The van der Waals surface area contributed by atoms with Crippen LogP contribution in [0.1, 0.15) is 49.9 Å². The Hall–Kier alpha value is -1.46. The summed E-state index contributed by atoms with van der Waals surface area (Å²) in [5.41, 5.74) is 8.33. The highest BCUT2D eigenvalue weighted by atomic mass is 32.1. The normalized spacial score (nSPS) is 13.2. The maximum Gasteiger partial charge on any atom is 0.119 e. The fourth-order valence-electron chi connectivity index (χ4n) is 2.04. The Balaban J connectivity index is 2.34. The fourth-order valence-corrected chi connectivity index (χ4v) is 2.93. The number of aromatic nitrogens is 2. The van der Waals surface area contributed by atoms with E-state index in [1.807, 2.05) is 31.2 Å². The molecule has 0 aliphatic heterocycles. The number of benzene rings is 1. The van der Waals surface area contributed by atoms with E-state index in [1.54, 1.807) is 0 Å². The van der Waals surface area contributed by atoms with Crippen molar-refractivity contribution in [1.82, 2.24) is 9.59 Å². The van der Waals surface area contributed by atoms with Gasteiger partial charge in [0.25, 0.3) is 0 Å². The molecule has 0 saturated carbocycles. The molecule has 1 atom stereocenters. The number of nitrogens with two attached hydrogens (primary N) is 1. The maximum absolute atomic E-state index is 6.40. The second kappa shape index (κ2) is 5.89. The Morgan fingerprint density at radius 3 is 2.75 bits per heavy atom. The molecule has 4 nitrogen and oxygen atoms in total. The molecule has 0 aliphatic carbocycles. The van der Waals surface area contributed by atoms with Gasteiger partial charge in [0.1, 0.15) is 5.75 Å². The van der Waals surface area contributed by atoms with Gasteiger partial charge in [-0.3, -0.25) is 0 Å². The lowest BCUT2D eigenvalue weighted by atomic mass is 9.89. The van der Waals surface area contributed by atoms with E-state index >= 15 is 0 Å². The highest BCUT2D eigenvalue weighted by Crippen LogP contribution is 2.33. The van der Waals surface area contributed by atoms with Crippen molar-refractivity contribution in [2.24, 2.45) is 5.73 Å². The van der Waals surface area contributed by atoms with Crippen LogP contribution in [0.15, 0.2) is 24.3 Å². The molecular formula is C15H21N3OS. The van der Waals surface area contributed by atoms with Crippen LogP contribution in [-0.2, 0) is 5.41 Å². The van der Waals surface area contributed by atoms with Gasteiger partial charge >= 0.3 is 0 Å². The van der Waals surface area contributed by atoms with Gasteiger partial charge in [-0.05, 0) is 36.2 Å². The van der Waals surface area contributed by atoms with E-state index in [0.717, 1.165) is 21.9 Å². The molecule has 1 aromatic heterocycles. The molecular weight excluding hydrogens is 270 g/mol. The molecule has 108 valence electrons. The number of nitrogens with zero attached hydrogens (tertiary/aromatic N) is 2. The van der Waals surface area contributed by atoms with Crippen molar-refractivity contribution in [3.8, 4) is 5.75 Å². The Bertz CT molecular complexity index is 574. The fraction of sp³-hybridized carbons (Fsp3) is 0.467. The van der Waals surface area contributed by atoms with Gasteiger partial charge in [-0.2, -0.15) is 0 Å². The Labute approximate surface area is 124 Å². The monoisotopic (exact) mass is 291 g/mol. The zero-order chi connectivity index (χ0) is 14.8. The molecule has 2 rings (SSSR count). The van der Waals surface area contributed by atoms with Crippen LogP contribution in [0.4, 0.5) is 0 Å². The third-order valence-electron chi connectivity index (χ3n) is 3.03. The summed E-state index contributed by atoms with van der Waals surface area (Å²) in [7, 11) is 0. The van der Waals surface area contributed by atoms with Gasteiger partial charge in [0.15, 0.2) is 0 Å². The van der Waals surface area contributed by atoms with E-state index in [1.165, 1.54) is 11.5 Å². The average molecular weight is 291 g/mol. The maximum atomic E-state index is 6.40. The van der Waals surface area contributed by atoms with Crippen LogP contribution in [0.3, 0.4) is 0 Å². The predicted molar refractivity (Wildman–Crippen MR) is 82.3 cm³/mol. The molecule has 0 fully saturated rings. The van der Waals surface area contributed by atoms with E-state index in [-0.39, 0.29) is 11.5 Å². The number of ether oxygens (including phenoxy) is 1.